The van der Waals surface area contributed by atoms with Crippen LogP contribution >= 0.6 is 0 Å². The molecule has 1 aliphatic heterocycles. The summed E-state index contributed by atoms with van der Waals surface area (Å²) >= 11 is 2.53. The number of aryl methyl sites for hydroxylation is 1. The van der Waals surface area contributed by atoms with Crippen molar-refractivity contribution in [2.75, 3.05) is 4.90 Å². The van der Waals surface area contributed by atoms with Gasteiger partial charge in [-0.15, -0.1) is 0 Å². The van der Waals surface area contributed by atoms with Crippen molar-refractivity contribution < 1.29 is 24.1 Å². The van der Waals surface area contributed by atoms with Gasteiger partial charge in [-0.2, -0.15) is 0 Å². The van der Waals surface area contributed by atoms with Gasteiger partial charge in [0.2, 0.25) is 0 Å². The van der Waals surface area contributed by atoms with Crippen LogP contribution in [0.15, 0.2) is 140 Å². The number of rotatable bonds is 7. The number of anilines is 2. The van der Waals surface area contributed by atoms with Gasteiger partial charge < -0.3 is 0 Å². The molecule has 0 spiro atoms. The first-order valence-corrected chi connectivity index (χ1v) is 23.6. The molecule has 1 unspecified atom stereocenters. The van der Waals surface area contributed by atoms with Crippen LogP contribution < -0.4 is 9.64 Å². The monoisotopic (exact) mass is 1020 g/mol. The molecule has 8 aromatic rings. The van der Waals surface area contributed by atoms with Crippen molar-refractivity contribution in [3.05, 3.63) is 178 Å². The van der Waals surface area contributed by atoms with Gasteiger partial charge in [0.1, 0.15) is 0 Å². The number of aromatic nitrogens is 3. The number of fused-ring (bicyclic) bond motifs is 2. The van der Waals surface area contributed by atoms with E-state index >= 15 is 0 Å². The number of hydrogen-bond acceptors (Lipinski definition) is 3. The van der Waals surface area contributed by atoms with E-state index in [0.29, 0.717) is 11.5 Å². The van der Waals surface area contributed by atoms with Gasteiger partial charge in [-0.25, -0.2) is 0 Å². The van der Waals surface area contributed by atoms with Crippen LogP contribution in [-0.2, 0) is 42.0 Å². The average molecular weight is 1020 g/mol. The molecule has 3 heterocycles. The summed E-state index contributed by atoms with van der Waals surface area (Å²) in [7, 11) is 0. The van der Waals surface area contributed by atoms with Gasteiger partial charge >= 0.3 is 349 Å². The number of benzene rings is 6. The Bertz CT molecular complexity index is 3010. The third-order valence-corrected chi connectivity index (χ3v) is 13.6. The number of para-hydroxylation sites is 2. The Morgan fingerprint density at radius 3 is 1.75 bits per heavy atom. The van der Waals surface area contributed by atoms with Crippen molar-refractivity contribution in [1.29, 1.82) is 0 Å². The molecule has 0 radical (unpaired) electrons. The van der Waals surface area contributed by atoms with Crippen LogP contribution in [0, 0.1) is 15.9 Å². The van der Waals surface area contributed by atoms with E-state index < -0.39 is 0 Å². The summed E-state index contributed by atoms with van der Waals surface area (Å²) in [5, 5.41) is 0. The Morgan fingerprint density at radius 1 is 0.594 bits per heavy atom. The minimum atomic E-state index is -0.175. The summed E-state index contributed by atoms with van der Waals surface area (Å²) in [4.78, 5) is 7.24. The SMILES string of the molecule is CC1CCc2ccc(Oc3[c-]c(-n4[c](=[Pt])n(-c5c(-c6ccccc6)cc(C(C)(C)C)cc5-c5ccccc5)c5ccccc54)cc(C(C)(C)C)c3)[c-]c2N1c1cc(C(C)(C)C)ccn1. The fourth-order valence-corrected chi connectivity index (χ4v) is 9.91. The molecule has 0 saturated heterocycles. The fourth-order valence-electron chi connectivity index (χ4n) is 8.83. The number of hydrogen-bond donors (Lipinski definition) is 0. The first kappa shape index (κ1) is 43.5. The molecule has 6 aromatic carbocycles. The summed E-state index contributed by atoms with van der Waals surface area (Å²) in [6, 6.07) is 56.0. The second-order valence-electron chi connectivity index (χ2n) is 20.4. The quantitative estimate of drug-likeness (QED) is 0.149. The molecule has 1 atom stereocenters. The van der Waals surface area contributed by atoms with E-state index in [0.717, 1.165) is 56.1 Å². The molecule has 6 heteroatoms. The minimum Gasteiger partial charge on any atom is -0.0561 e. The van der Waals surface area contributed by atoms with Crippen LogP contribution in [0.4, 0.5) is 11.5 Å². The zero-order valence-electron chi connectivity index (χ0n) is 38.8. The maximum atomic E-state index is 6.90. The third kappa shape index (κ3) is 8.36. The second-order valence-corrected chi connectivity index (χ2v) is 21.4. The van der Waals surface area contributed by atoms with E-state index in [9.17, 15) is 0 Å². The molecule has 0 aliphatic carbocycles. The van der Waals surface area contributed by atoms with Gasteiger partial charge in [0.25, 0.3) is 0 Å². The van der Waals surface area contributed by atoms with Crippen LogP contribution in [0.25, 0.3) is 44.7 Å². The number of nitrogens with zero attached hydrogens (tertiary/aromatic N) is 4. The molecule has 0 fully saturated rings. The topological polar surface area (TPSA) is 35.2 Å². The molecule has 0 amide bonds. The Kier molecular flexibility index (Phi) is 11.3. The van der Waals surface area contributed by atoms with Crippen LogP contribution in [0.1, 0.15) is 97.9 Å². The van der Waals surface area contributed by atoms with Gasteiger partial charge in [-0.1, -0.05) is 20.8 Å². The summed E-state index contributed by atoms with van der Waals surface area (Å²) < 4.78 is 12.7. The zero-order valence-corrected chi connectivity index (χ0v) is 41.1. The van der Waals surface area contributed by atoms with E-state index in [4.69, 9.17) is 9.72 Å². The Morgan fingerprint density at radius 2 is 1.16 bits per heavy atom. The van der Waals surface area contributed by atoms with Gasteiger partial charge in [-0.05, 0) is 17.0 Å². The van der Waals surface area contributed by atoms with E-state index in [1.165, 1.54) is 38.9 Å². The van der Waals surface area contributed by atoms with E-state index in [1.807, 2.05) is 6.20 Å². The van der Waals surface area contributed by atoms with Gasteiger partial charge in [0, 0.05) is 6.20 Å². The molecule has 328 valence electrons. The number of pyridine rings is 1. The molecule has 2 aromatic heterocycles. The summed E-state index contributed by atoms with van der Waals surface area (Å²) in [6.07, 6.45) is 3.96. The van der Waals surface area contributed by atoms with Crippen LogP contribution in [0.2, 0.25) is 0 Å². The summed E-state index contributed by atoms with van der Waals surface area (Å²) in [5.41, 5.74) is 14.7. The van der Waals surface area contributed by atoms with Crippen molar-refractivity contribution in [3.8, 4) is 45.1 Å². The van der Waals surface area contributed by atoms with Crippen molar-refractivity contribution in [3.63, 3.8) is 0 Å². The van der Waals surface area contributed by atoms with Crippen LogP contribution in [-0.4, -0.2) is 20.2 Å². The molecule has 9 rings (SSSR count). The standard InChI is InChI=1S/C58H58N4O.Pt/c1-39-25-26-42-27-28-47(37-53(42)62(39)54-35-43(29-30-59-54)56(2,3)4)63-48-32-44(57(5,6)7)31-46(36-48)60-38-61(52-24-18-17-23-51(52)60)55-49(40-19-13-11-14-20-40)33-45(58(8,9)10)34-50(55)41-21-15-12-16-22-41;/h11-24,27-35,39H,25-26H2,1-10H3;/q-2;. The molecule has 0 N–H and O–H groups in total. The van der Waals surface area contributed by atoms with Crippen molar-refractivity contribution in [1.82, 2.24) is 14.1 Å². The average Bonchev–Trinajstić information content (AvgIpc) is 3.56. The number of ether oxygens (including phenoxy) is 1. The Hall–Kier alpha value is -5.77. The molecular weight excluding hydrogens is 964 g/mol. The van der Waals surface area contributed by atoms with Crippen molar-refractivity contribution >= 4 is 22.5 Å². The fraction of sp³-hybridized carbons (Fsp3) is 0.276. The van der Waals surface area contributed by atoms with E-state index in [1.54, 1.807) is 0 Å². The van der Waals surface area contributed by atoms with Gasteiger partial charge in [0.15, 0.2) is 0 Å². The molecule has 64 heavy (non-hydrogen) atoms. The maximum absolute atomic E-state index is 6.90. The first-order chi connectivity index (χ1) is 30.5. The molecule has 0 bridgehead atoms. The molecular formula is C58H58N4OPt-2. The predicted octanol–water partition coefficient (Wildman–Crippen LogP) is 15.0. The van der Waals surface area contributed by atoms with Gasteiger partial charge in [0.05, 0.1) is 0 Å². The van der Waals surface area contributed by atoms with Crippen molar-refractivity contribution in [2.24, 2.45) is 0 Å². The van der Waals surface area contributed by atoms with Gasteiger partial charge in [-0.3, -0.25) is 0 Å². The van der Waals surface area contributed by atoms with Crippen LogP contribution in [0.5, 0.6) is 11.5 Å². The zero-order chi connectivity index (χ0) is 45.1. The molecule has 5 nitrogen and oxygen atoms in total. The normalized spacial score (nSPS) is 14.5. The minimum absolute atomic E-state index is 0.00720. The summed E-state index contributed by atoms with van der Waals surface area (Å²) in [6.45, 7) is 22.7. The smallest absolute Gasteiger partial charge is 0.0561 e. The van der Waals surface area contributed by atoms with Crippen LogP contribution in [0.3, 0.4) is 0 Å². The molecule has 1 aliphatic rings. The second kappa shape index (κ2) is 16.7. The predicted molar refractivity (Wildman–Crippen MR) is 261 cm³/mol. The Labute approximate surface area is 390 Å². The third-order valence-electron chi connectivity index (χ3n) is 12.6. The van der Waals surface area contributed by atoms with E-state index in [-0.39, 0.29) is 22.3 Å². The summed E-state index contributed by atoms with van der Waals surface area (Å²) in [5.74, 6) is 2.24. The molecule has 0 saturated carbocycles. The van der Waals surface area contributed by atoms with Crippen molar-refractivity contribution in [2.45, 2.75) is 104 Å². The Balaban J connectivity index is 1.23. The van der Waals surface area contributed by atoms with E-state index in [2.05, 4.69) is 248 Å². The number of imidazole rings is 1. The first-order valence-electron chi connectivity index (χ1n) is 22.5.